The number of amides is 2. The summed E-state index contributed by atoms with van der Waals surface area (Å²) in [5, 5.41) is 59.2. The molecule has 0 aliphatic carbocycles. The van der Waals surface area contributed by atoms with E-state index in [-0.39, 0.29) is 37.3 Å². The Morgan fingerprint density at radius 3 is 2.09 bits per heavy atom. The largest absolute Gasteiger partial charge is 0.459 e. The van der Waals surface area contributed by atoms with Gasteiger partial charge in [0.15, 0.2) is 12.6 Å². The smallest absolute Gasteiger partial charge is 0.416 e. The van der Waals surface area contributed by atoms with E-state index in [1.165, 1.54) is 50.1 Å². The number of rotatable bonds is 8. The van der Waals surface area contributed by atoms with E-state index in [1.807, 2.05) is 11.8 Å². The van der Waals surface area contributed by atoms with Crippen LogP contribution in [0.15, 0.2) is 24.3 Å². The number of aliphatic hydroxyl groups excluding tert-OH is 3. The van der Waals surface area contributed by atoms with Crippen LogP contribution < -0.4 is 4.90 Å². The molecule has 65 heavy (non-hydrogen) atoms. The second kappa shape index (κ2) is 21.3. The number of halogens is 3. The van der Waals surface area contributed by atoms with Crippen molar-refractivity contribution in [3.05, 3.63) is 29.8 Å². The molecular weight excluding hydrogens is 860 g/mol. The number of carbonyl (C=O) groups is 2. The number of hydrogen-bond acceptors (Lipinski definition) is 14. The first-order valence-electron chi connectivity index (χ1n) is 22.7. The topological polar surface area (TPSA) is 200 Å². The summed E-state index contributed by atoms with van der Waals surface area (Å²) in [7, 11) is 6.10. The molecule has 0 aromatic heterocycles. The van der Waals surface area contributed by atoms with E-state index >= 15 is 0 Å². The Labute approximate surface area is 382 Å². The number of esters is 1. The predicted molar refractivity (Wildman–Crippen MR) is 233 cm³/mol. The van der Waals surface area contributed by atoms with Gasteiger partial charge in [0.2, 0.25) is 0 Å². The van der Waals surface area contributed by atoms with Gasteiger partial charge in [0.25, 0.3) is 0 Å². The van der Waals surface area contributed by atoms with E-state index in [0.717, 1.165) is 12.1 Å². The van der Waals surface area contributed by atoms with Crippen LogP contribution in [0.5, 0.6) is 0 Å². The molecule has 0 radical (unpaired) electrons. The molecule has 0 saturated carbocycles. The van der Waals surface area contributed by atoms with E-state index in [0.29, 0.717) is 6.54 Å². The van der Waals surface area contributed by atoms with Crippen molar-refractivity contribution >= 4 is 17.7 Å². The van der Waals surface area contributed by atoms with Crippen molar-refractivity contribution in [2.24, 2.45) is 17.8 Å². The van der Waals surface area contributed by atoms with Crippen LogP contribution in [0.25, 0.3) is 0 Å². The number of urea groups is 1. The molecule has 0 unspecified atom stereocenters. The Morgan fingerprint density at radius 1 is 0.938 bits per heavy atom. The van der Waals surface area contributed by atoms with Gasteiger partial charge in [-0.3, -0.25) is 9.69 Å². The lowest BCUT2D eigenvalue weighted by atomic mass is 9.77. The Kier molecular flexibility index (Phi) is 18.0. The summed E-state index contributed by atoms with van der Waals surface area (Å²) in [5.41, 5.74) is -5.45. The quantitative estimate of drug-likeness (QED) is 0.228. The van der Waals surface area contributed by atoms with Gasteiger partial charge in [-0.05, 0) is 105 Å². The minimum Gasteiger partial charge on any atom is -0.459 e. The lowest BCUT2D eigenvalue weighted by Gasteiger charge is -2.49. The Hall–Kier alpha value is -2.69. The van der Waals surface area contributed by atoms with Gasteiger partial charge >= 0.3 is 18.2 Å². The average molecular weight is 936 g/mol. The highest BCUT2D eigenvalue weighted by Crippen LogP contribution is 2.41. The molecule has 0 spiro atoms. The molecule has 374 valence electrons. The second-order valence-corrected chi connectivity index (χ2v) is 19.7. The van der Waals surface area contributed by atoms with E-state index in [9.17, 15) is 48.3 Å². The number of hydrogen-bond donors (Lipinski definition) is 5. The Morgan fingerprint density at radius 2 is 1.54 bits per heavy atom. The van der Waals surface area contributed by atoms with Crippen molar-refractivity contribution < 1.29 is 76.7 Å². The summed E-state index contributed by atoms with van der Waals surface area (Å²) in [6.07, 6.45) is -15.6. The highest BCUT2D eigenvalue weighted by Gasteiger charge is 2.53. The van der Waals surface area contributed by atoms with Crippen LogP contribution in [-0.4, -0.2) is 172 Å². The fourth-order valence-corrected chi connectivity index (χ4v) is 9.97. The number of likely N-dealkylation sites (N-methyl/N-ethyl adjacent to an activating group) is 2. The normalized spacial score (nSPS) is 42.1. The third-order valence-corrected chi connectivity index (χ3v) is 14.2. The number of carbonyl (C=O) groups excluding carboxylic acids is 2. The fourth-order valence-electron chi connectivity index (χ4n) is 9.97. The molecule has 5 N–H and O–H groups in total. The first-order valence-corrected chi connectivity index (χ1v) is 22.7. The monoisotopic (exact) mass is 936 g/mol. The summed E-state index contributed by atoms with van der Waals surface area (Å²) in [6.45, 7) is 17.1. The molecule has 4 rings (SSSR count). The van der Waals surface area contributed by atoms with Crippen molar-refractivity contribution in [2.45, 2.75) is 191 Å². The maximum atomic E-state index is 14.4. The number of ether oxygens (including phenoxy) is 6. The first kappa shape index (κ1) is 54.9. The zero-order valence-electron chi connectivity index (χ0n) is 40.5. The molecule has 18 atom stereocenters. The van der Waals surface area contributed by atoms with Gasteiger partial charge in [-0.2, -0.15) is 13.2 Å². The molecule has 3 heterocycles. The van der Waals surface area contributed by atoms with E-state index < -0.39 is 126 Å². The van der Waals surface area contributed by atoms with E-state index in [1.54, 1.807) is 62.4 Å². The number of nitrogens with zero attached hydrogens (tertiary/aromatic N) is 3. The SMILES string of the molecule is CC[C@H]1OC(=O)[C@H](C)[C@@H](O[C@H]2C[C@@](C)(OC)[C@@H](O)[C@H](C)O2)[C@H](C)[C@@H](O[C@@H]2O[C@H](C)C[C@H](N(C)C(=O)N(C)c3ccc(C(F)(F)F)cc3)[C@H]2O)[C@](C)(O)C[C@@H](C)CN(C)[C@H](C)[C@@H](O)[C@]1(C)O. The standard InChI is InChI=1S/C46H76F3N3O13/c1-15-33-45(10,59)37(54)28(6)50(11)23-24(2)21-43(8,58)39(26(4)36(27(5)40(56)63-33)64-34-22-44(9,60-14)38(55)29(7)62-34)65-41-35(53)32(20-25(3)61-41)52(13)42(57)51(12)31-18-16-30(17-19-31)46(47,48)49/h16-19,24-29,32-39,41,53-55,58-59H,15,20-23H2,1-14H3/t24-,25-,26+,27-,28-,29+,32+,33-,34+,35-,36+,37-,38+,39-,41+,43-,44-,45-/m1/s1. The second-order valence-electron chi connectivity index (χ2n) is 19.7. The summed E-state index contributed by atoms with van der Waals surface area (Å²) in [4.78, 5) is 32.6. The minimum atomic E-state index is -4.57. The molecule has 0 bridgehead atoms. The molecule has 1 aromatic carbocycles. The number of alkyl halides is 3. The van der Waals surface area contributed by atoms with Crippen molar-refractivity contribution in [1.82, 2.24) is 9.80 Å². The molecular formula is C46H76F3N3O13. The fraction of sp³-hybridized carbons (Fsp3) is 0.826. The van der Waals surface area contributed by atoms with Crippen molar-refractivity contribution in [1.29, 1.82) is 0 Å². The third kappa shape index (κ3) is 12.3. The Balaban J connectivity index is 1.78. The lowest BCUT2D eigenvalue weighted by molar-refractivity contribution is -0.317. The number of benzene rings is 1. The molecule has 3 fully saturated rings. The summed E-state index contributed by atoms with van der Waals surface area (Å²) in [6, 6.07) is 1.91. The van der Waals surface area contributed by atoms with Gasteiger partial charge in [-0.25, -0.2) is 4.79 Å². The van der Waals surface area contributed by atoms with Crippen molar-refractivity contribution in [2.75, 3.05) is 39.7 Å². The van der Waals surface area contributed by atoms with Gasteiger partial charge in [-0.1, -0.05) is 20.8 Å². The number of methoxy groups -OCH3 is 1. The zero-order valence-corrected chi connectivity index (χ0v) is 40.5. The summed E-state index contributed by atoms with van der Waals surface area (Å²) in [5.74, 6) is -3.16. The van der Waals surface area contributed by atoms with Gasteiger partial charge in [-0.15, -0.1) is 0 Å². The van der Waals surface area contributed by atoms with Crippen LogP contribution in [0.1, 0.15) is 100 Å². The molecule has 3 saturated heterocycles. The van der Waals surface area contributed by atoms with Crippen LogP contribution in [0.4, 0.5) is 23.7 Å². The average Bonchev–Trinajstić information content (AvgIpc) is 3.23. The predicted octanol–water partition coefficient (Wildman–Crippen LogP) is 4.55. The van der Waals surface area contributed by atoms with E-state index in [4.69, 9.17) is 28.4 Å². The first-order chi connectivity index (χ1) is 29.9. The molecule has 1 aromatic rings. The highest BCUT2D eigenvalue weighted by atomic mass is 19.4. The van der Waals surface area contributed by atoms with Crippen LogP contribution in [0, 0.1) is 17.8 Å². The third-order valence-electron chi connectivity index (χ3n) is 14.2. The zero-order chi connectivity index (χ0) is 49.3. The van der Waals surface area contributed by atoms with Crippen LogP contribution in [-0.2, 0) is 39.4 Å². The van der Waals surface area contributed by atoms with Crippen LogP contribution in [0.3, 0.4) is 0 Å². The molecule has 19 heteroatoms. The van der Waals surface area contributed by atoms with E-state index in [2.05, 4.69) is 0 Å². The summed E-state index contributed by atoms with van der Waals surface area (Å²) < 4.78 is 77.5. The molecule has 16 nitrogen and oxygen atoms in total. The molecule has 2 amide bonds. The maximum Gasteiger partial charge on any atom is 0.416 e. The van der Waals surface area contributed by atoms with Crippen LogP contribution in [0.2, 0.25) is 0 Å². The van der Waals surface area contributed by atoms with Gasteiger partial charge in [0, 0.05) is 51.8 Å². The molecule has 3 aliphatic rings. The number of aliphatic hydroxyl groups is 5. The van der Waals surface area contributed by atoms with Gasteiger partial charge in [0.1, 0.15) is 30.0 Å². The highest BCUT2D eigenvalue weighted by molar-refractivity contribution is 5.91. The summed E-state index contributed by atoms with van der Waals surface area (Å²) >= 11 is 0. The number of anilines is 1. The Bertz CT molecular complexity index is 1720. The minimum absolute atomic E-state index is 0.0343. The molecule has 3 aliphatic heterocycles. The lowest BCUT2D eigenvalue weighted by Crippen LogP contribution is -2.61. The van der Waals surface area contributed by atoms with Crippen molar-refractivity contribution in [3.8, 4) is 0 Å². The number of cyclic esters (lactones) is 1. The van der Waals surface area contributed by atoms with Gasteiger partial charge < -0.3 is 63.8 Å². The van der Waals surface area contributed by atoms with Crippen molar-refractivity contribution in [3.63, 3.8) is 0 Å². The van der Waals surface area contributed by atoms with Crippen LogP contribution >= 0.6 is 0 Å². The van der Waals surface area contributed by atoms with Gasteiger partial charge in [0.05, 0.1) is 53.1 Å². The maximum absolute atomic E-state index is 14.4.